The molecule has 0 atom stereocenters. The standard InChI is InChI=1S/C19H21N3O7S2/c1-3-13-9-14(19(25)28-4-2)17(30-13)20-16(23)11-29-18(24)12-5-6-15-21-31(26,27)8-7-22(15)10-12/h5-6,9-10H,3-4,7-8,11H2,1-2H3,(H,20,23). The van der Waals surface area contributed by atoms with E-state index in [1.165, 1.54) is 34.6 Å². The highest BCUT2D eigenvalue weighted by molar-refractivity contribution is 7.90. The van der Waals surface area contributed by atoms with Crippen LogP contribution in [-0.2, 0) is 35.5 Å². The van der Waals surface area contributed by atoms with E-state index in [0.717, 1.165) is 4.88 Å². The Bertz CT molecular complexity index is 1100. The molecule has 1 amide bonds. The van der Waals surface area contributed by atoms with Crippen molar-refractivity contribution in [2.24, 2.45) is 4.40 Å². The van der Waals surface area contributed by atoms with Gasteiger partial charge in [-0.15, -0.1) is 15.7 Å². The molecule has 3 heterocycles. The van der Waals surface area contributed by atoms with Gasteiger partial charge < -0.3 is 19.7 Å². The molecule has 1 aromatic rings. The van der Waals surface area contributed by atoms with E-state index >= 15 is 0 Å². The summed E-state index contributed by atoms with van der Waals surface area (Å²) in [6.07, 6.45) is 4.89. The third kappa shape index (κ3) is 5.58. The Morgan fingerprint density at radius 1 is 1.19 bits per heavy atom. The van der Waals surface area contributed by atoms with Crippen LogP contribution in [-0.4, -0.2) is 62.5 Å². The number of rotatable bonds is 7. The Kier molecular flexibility index (Phi) is 6.91. The smallest absolute Gasteiger partial charge is 0.341 e. The van der Waals surface area contributed by atoms with Gasteiger partial charge in [0.25, 0.3) is 15.9 Å². The van der Waals surface area contributed by atoms with E-state index in [-0.39, 0.29) is 35.9 Å². The van der Waals surface area contributed by atoms with Crippen molar-refractivity contribution in [3.63, 3.8) is 0 Å². The van der Waals surface area contributed by atoms with Gasteiger partial charge >= 0.3 is 11.9 Å². The van der Waals surface area contributed by atoms with Crippen LogP contribution >= 0.6 is 11.3 Å². The Morgan fingerprint density at radius 3 is 2.68 bits per heavy atom. The number of fused-ring (bicyclic) bond motifs is 1. The maximum absolute atomic E-state index is 12.3. The van der Waals surface area contributed by atoms with Gasteiger partial charge in [-0.05, 0) is 31.6 Å². The first-order chi connectivity index (χ1) is 14.7. The summed E-state index contributed by atoms with van der Waals surface area (Å²) in [6, 6.07) is 1.67. The molecule has 2 aliphatic rings. The average molecular weight is 468 g/mol. The number of hydrogen-bond donors (Lipinski definition) is 1. The minimum atomic E-state index is -3.49. The van der Waals surface area contributed by atoms with Gasteiger partial charge in [-0.2, -0.15) is 0 Å². The van der Waals surface area contributed by atoms with Gasteiger partial charge in [0.2, 0.25) is 0 Å². The topological polar surface area (TPSA) is 131 Å². The van der Waals surface area contributed by atoms with Gasteiger partial charge in [0.15, 0.2) is 6.61 Å². The lowest BCUT2D eigenvalue weighted by molar-refractivity contribution is -0.143. The maximum Gasteiger partial charge on any atom is 0.341 e. The van der Waals surface area contributed by atoms with Crippen LogP contribution in [0.4, 0.5) is 5.00 Å². The van der Waals surface area contributed by atoms with Crippen molar-refractivity contribution in [3.8, 4) is 0 Å². The quantitative estimate of drug-likeness (QED) is 0.597. The number of ether oxygens (including phenoxy) is 2. The van der Waals surface area contributed by atoms with Crippen molar-refractivity contribution < 1.29 is 32.3 Å². The molecule has 0 radical (unpaired) electrons. The van der Waals surface area contributed by atoms with Crippen molar-refractivity contribution >= 4 is 50.0 Å². The fourth-order valence-corrected chi connectivity index (χ4v) is 4.74. The average Bonchev–Trinajstić information content (AvgIpc) is 3.14. The van der Waals surface area contributed by atoms with Crippen molar-refractivity contribution in [2.75, 3.05) is 30.8 Å². The molecule has 0 saturated carbocycles. The Labute approximate surface area is 183 Å². The summed E-state index contributed by atoms with van der Waals surface area (Å²) in [5, 5.41) is 2.92. The molecule has 3 rings (SSSR count). The van der Waals surface area contributed by atoms with Crippen LogP contribution < -0.4 is 5.32 Å². The summed E-state index contributed by atoms with van der Waals surface area (Å²) < 4.78 is 36.8. The number of sulfonamides is 1. The molecule has 0 bridgehead atoms. The molecule has 1 aromatic heterocycles. The number of amidine groups is 1. The summed E-state index contributed by atoms with van der Waals surface area (Å²) >= 11 is 1.25. The van der Waals surface area contributed by atoms with Crippen LogP contribution in [0.15, 0.2) is 34.4 Å². The van der Waals surface area contributed by atoms with Crippen molar-refractivity contribution in [1.29, 1.82) is 0 Å². The van der Waals surface area contributed by atoms with Crippen molar-refractivity contribution in [1.82, 2.24) is 4.90 Å². The highest BCUT2D eigenvalue weighted by Gasteiger charge is 2.26. The number of aryl methyl sites for hydroxylation is 1. The van der Waals surface area contributed by atoms with E-state index in [9.17, 15) is 22.8 Å². The van der Waals surface area contributed by atoms with E-state index in [1.54, 1.807) is 13.0 Å². The van der Waals surface area contributed by atoms with Crippen molar-refractivity contribution in [3.05, 3.63) is 40.4 Å². The second-order valence-corrected chi connectivity index (χ2v) is 9.39. The number of nitrogens with one attached hydrogen (secondary N) is 1. The summed E-state index contributed by atoms with van der Waals surface area (Å²) in [7, 11) is -3.49. The fourth-order valence-electron chi connectivity index (χ4n) is 2.77. The molecule has 0 fully saturated rings. The van der Waals surface area contributed by atoms with E-state index in [1.807, 2.05) is 6.92 Å². The molecule has 0 aliphatic carbocycles. The van der Waals surface area contributed by atoms with Crippen molar-refractivity contribution in [2.45, 2.75) is 20.3 Å². The van der Waals surface area contributed by atoms with Gasteiger partial charge in [0.1, 0.15) is 10.8 Å². The molecular formula is C19H21N3O7S2. The van der Waals surface area contributed by atoms with Gasteiger partial charge in [-0.1, -0.05) is 6.92 Å². The van der Waals surface area contributed by atoms with Crippen LogP contribution in [0.5, 0.6) is 0 Å². The molecule has 0 aromatic carbocycles. The normalized spacial score (nSPS) is 16.6. The third-order valence-electron chi connectivity index (χ3n) is 4.27. The highest BCUT2D eigenvalue weighted by atomic mass is 32.2. The zero-order valence-corrected chi connectivity index (χ0v) is 18.5. The lowest BCUT2D eigenvalue weighted by Gasteiger charge is -2.26. The number of anilines is 1. The predicted octanol–water partition coefficient (Wildman–Crippen LogP) is 1.47. The Hall–Kier alpha value is -2.99. The largest absolute Gasteiger partial charge is 0.462 e. The zero-order chi connectivity index (χ0) is 22.6. The van der Waals surface area contributed by atoms with Crippen LogP contribution in [0.25, 0.3) is 0 Å². The second-order valence-electron chi connectivity index (χ2n) is 6.50. The molecule has 12 heteroatoms. The molecule has 2 aliphatic heterocycles. The number of thiophene rings is 1. The number of nitrogens with zero attached hydrogens (tertiary/aromatic N) is 2. The van der Waals surface area contributed by atoms with E-state index in [0.29, 0.717) is 11.4 Å². The summed E-state index contributed by atoms with van der Waals surface area (Å²) in [4.78, 5) is 39.1. The molecule has 10 nitrogen and oxygen atoms in total. The summed E-state index contributed by atoms with van der Waals surface area (Å²) in [6.45, 7) is 3.43. The van der Waals surface area contributed by atoms with E-state index in [4.69, 9.17) is 9.47 Å². The number of carbonyl (C=O) groups is 3. The SMILES string of the molecule is CCOC(=O)c1cc(CC)sc1NC(=O)COC(=O)C1=CN2CCS(=O)(=O)N=C2C=C1. The van der Waals surface area contributed by atoms with E-state index in [2.05, 4.69) is 9.71 Å². The first kappa shape index (κ1) is 22.7. The van der Waals surface area contributed by atoms with Crippen LogP contribution in [0.1, 0.15) is 29.1 Å². The Morgan fingerprint density at radius 2 is 1.97 bits per heavy atom. The molecule has 0 spiro atoms. The van der Waals surface area contributed by atoms with Crippen LogP contribution in [0.2, 0.25) is 0 Å². The lowest BCUT2D eigenvalue weighted by atomic mass is 10.2. The van der Waals surface area contributed by atoms with Crippen LogP contribution in [0.3, 0.4) is 0 Å². The molecule has 0 unspecified atom stereocenters. The molecule has 166 valence electrons. The molecular weight excluding hydrogens is 446 g/mol. The van der Waals surface area contributed by atoms with E-state index < -0.39 is 34.5 Å². The number of carbonyl (C=O) groups excluding carboxylic acids is 3. The summed E-state index contributed by atoms with van der Waals surface area (Å²) in [5.74, 6) is -1.82. The minimum absolute atomic E-state index is 0.155. The number of esters is 2. The third-order valence-corrected chi connectivity index (χ3v) is 6.63. The zero-order valence-electron chi connectivity index (χ0n) is 16.9. The minimum Gasteiger partial charge on any atom is -0.462 e. The first-order valence-corrected chi connectivity index (χ1v) is 11.9. The molecule has 31 heavy (non-hydrogen) atoms. The number of amides is 1. The van der Waals surface area contributed by atoms with Crippen LogP contribution in [0, 0.1) is 0 Å². The fraction of sp³-hybridized carbons (Fsp3) is 0.368. The summed E-state index contributed by atoms with van der Waals surface area (Å²) in [5.41, 5.74) is 0.413. The van der Waals surface area contributed by atoms with Gasteiger partial charge in [-0.25, -0.2) is 18.0 Å². The first-order valence-electron chi connectivity index (χ1n) is 9.48. The number of hydrogen-bond acceptors (Lipinski definition) is 9. The van der Waals surface area contributed by atoms with Gasteiger partial charge in [0, 0.05) is 17.6 Å². The highest BCUT2D eigenvalue weighted by Crippen LogP contribution is 2.29. The molecule has 1 N–H and O–H groups in total. The predicted molar refractivity (Wildman–Crippen MR) is 114 cm³/mol. The van der Waals surface area contributed by atoms with Gasteiger partial charge in [0.05, 0.1) is 23.5 Å². The monoisotopic (exact) mass is 467 g/mol. The second kappa shape index (κ2) is 9.43. The maximum atomic E-state index is 12.3. The Balaban J connectivity index is 1.60. The molecule has 0 saturated heterocycles. The van der Waals surface area contributed by atoms with Gasteiger partial charge in [-0.3, -0.25) is 4.79 Å². The lowest BCUT2D eigenvalue weighted by Crippen LogP contribution is -2.37.